The number of carbonyl (C=O) groups excluding carboxylic acids is 2. The Morgan fingerprint density at radius 2 is 2.07 bits per heavy atom. The van der Waals surface area contributed by atoms with Gasteiger partial charge < -0.3 is 23.4 Å². The van der Waals surface area contributed by atoms with Gasteiger partial charge in [0, 0.05) is 6.42 Å². The average molecular weight is 390 g/mol. The van der Waals surface area contributed by atoms with Crippen molar-refractivity contribution < 1.29 is 33.0 Å². The first kappa shape index (κ1) is 20.4. The van der Waals surface area contributed by atoms with Crippen LogP contribution in [0.1, 0.15) is 62.1 Å². The Kier molecular flexibility index (Phi) is 5.25. The predicted molar refractivity (Wildman–Crippen MR) is 99.6 cm³/mol. The lowest BCUT2D eigenvalue weighted by Gasteiger charge is -2.29. The van der Waals surface area contributed by atoms with Crippen LogP contribution >= 0.6 is 0 Å². The first-order chi connectivity index (χ1) is 13.1. The highest BCUT2D eigenvalue weighted by Crippen LogP contribution is 2.49. The van der Waals surface area contributed by atoms with Gasteiger partial charge in [-0.05, 0) is 46.8 Å². The number of rotatable bonds is 6. The third kappa shape index (κ3) is 3.77. The lowest BCUT2D eigenvalue weighted by atomic mass is 9.90. The Hall–Kier alpha value is -2.38. The number of aryl methyl sites for hydroxylation is 1. The van der Waals surface area contributed by atoms with Gasteiger partial charge in [0.25, 0.3) is 0 Å². The molecule has 152 valence electrons. The van der Waals surface area contributed by atoms with Crippen LogP contribution in [0.5, 0.6) is 0 Å². The van der Waals surface area contributed by atoms with E-state index in [1.165, 1.54) is 6.08 Å². The third-order valence-corrected chi connectivity index (χ3v) is 4.81. The molecule has 0 unspecified atom stereocenters. The van der Waals surface area contributed by atoms with Crippen molar-refractivity contribution in [1.29, 1.82) is 0 Å². The standard InChI is InChI=1S/C21H26O7/c1-7-13-9-14(26-18(13)22)11-21(6)17(27-20(4,5)28-21)16-10-15(12(3)25-16)19(23)24-8-2/h7,9-10,14,17H,1,8,11H2,2-6H3/t14-,17-,21+/m1/s1. The summed E-state index contributed by atoms with van der Waals surface area (Å²) in [5.41, 5.74) is -0.0620. The second-order valence-corrected chi connectivity index (χ2v) is 7.63. The molecule has 2 aliphatic heterocycles. The molecule has 7 nitrogen and oxygen atoms in total. The molecular weight excluding hydrogens is 364 g/mol. The van der Waals surface area contributed by atoms with Gasteiger partial charge in [0.05, 0.1) is 12.2 Å². The molecule has 1 fully saturated rings. The van der Waals surface area contributed by atoms with E-state index in [1.807, 2.05) is 6.92 Å². The summed E-state index contributed by atoms with van der Waals surface area (Å²) in [5.74, 6) is -0.816. The smallest absolute Gasteiger partial charge is 0.341 e. The van der Waals surface area contributed by atoms with Crippen LogP contribution in [0.3, 0.4) is 0 Å². The molecule has 1 aromatic heterocycles. The van der Waals surface area contributed by atoms with Gasteiger partial charge in [0.1, 0.15) is 34.9 Å². The van der Waals surface area contributed by atoms with Crippen molar-refractivity contribution in [2.75, 3.05) is 6.61 Å². The summed E-state index contributed by atoms with van der Waals surface area (Å²) in [5, 5.41) is 0. The minimum absolute atomic E-state index is 0.275. The Balaban J connectivity index is 1.90. The van der Waals surface area contributed by atoms with E-state index >= 15 is 0 Å². The number of carbonyl (C=O) groups is 2. The maximum Gasteiger partial charge on any atom is 0.341 e. The van der Waals surface area contributed by atoms with Crippen molar-refractivity contribution in [2.45, 2.75) is 64.6 Å². The molecule has 0 radical (unpaired) electrons. The van der Waals surface area contributed by atoms with Crippen LogP contribution in [-0.4, -0.2) is 36.0 Å². The lowest BCUT2D eigenvalue weighted by molar-refractivity contribution is -0.166. The van der Waals surface area contributed by atoms with Crippen LogP contribution in [0, 0.1) is 6.92 Å². The molecule has 28 heavy (non-hydrogen) atoms. The molecule has 3 heterocycles. The minimum atomic E-state index is -0.877. The fraction of sp³-hybridized carbons (Fsp3) is 0.524. The molecule has 0 aromatic carbocycles. The van der Waals surface area contributed by atoms with Crippen LogP contribution in [-0.2, 0) is 23.7 Å². The lowest BCUT2D eigenvalue weighted by Crippen LogP contribution is -2.36. The van der Waals surface area contributed by atoms with Gasteiger partial charge in [-0.1, -0.05) is 12.7 Å². The first-order valence-electron chi connectivity index (χ1n) is 9.29. The van der Waals surface area contributed by atoms with Crippen LogP contribution in [0.15, 0.2) is 34.8 Å². The SMILES string of the molecule is C=CC1=C[C@H](C[C@]2(C)OC(C)(C)O[C@@H]2c2cc(C(=O)OCC)c(C)o2)OC1=O. The van der Waals surface area contributed by atoms with Crippen molar-refractivity contribution in [2.24, 2.45) is 0 Å². The number of cyclic esters (lactones) is 1. The zero-order chi connectivity index (χ0) is 20.7. The summed E-state index contributed by atoms with van der Waals surface area (Å²) in [4.78, 5) is 24.0. The maximum atomic E-state index is 12.1. The Morgan fingerprint density at radius 1 is 1.36 bits per heavy atom. The monoisotopic (exact) mass is 390 g/mol. The van der Waals surface area contributed by atoms with Crippen LogP contribution in [0.2, 0.25) is 0 Å². The van der Waals surface area contributed by atoms with E-state index in [4.69, 9.17) is 23.4 Å². The van der Waals surface area contributed by atoms with Crippen molar-refractivity contribution in [1.82, 2.24) is 0 Å². The van der Waals surface area contributed by atoms with Gasteiger partial charge in [-0.2, -0.15) is 0 Å². The summed E-state index contributed by atoms with van der Waals surface area (Å²) in [6.45, 7) is 12.8. The highest BCUT2D eigenvalue weighted by Gasteiger charge is 2.54. The summed E-state index contributed by atoms with van der Waals surface area (Å²) >= 11 is 0. The number of ether oxygens (including phenoxy) is 4. The molecule has 0 N–H and O–H groups in total. The van der Waals surface area contributed by atoms with Gasteiger partial charge in [0.2, 0.25) is 0 Å². The fourth-order valence-corrected chi connectivity index (χ4v) is 3.76. The van der Waals surface area contributed by atoms with Gasteiger partial charge in [-0.3, -0.25) is 0 Å². The first-order valence-corrected chi connectivity index (χ1v) is 9.29. The number of furan rings is 1. The normalized spacial score (nSPS) is 28.8. The summed E-state index contributed by atoms with van der Waals surface area (Å²) in [6.07, 6.45) is 2.50. The average Bonchev–Trinajstić information content (AvgIpc) is 3.21. The molecular formula is C21H26O7. The molecule has 0 saturated carbocycles. The highest BCUT2D eigenvalue weighted by atomic mass is 16.8. The maximum absolute atomic E-state index is 12.1. The van der Waals surface area contributed by atoms with E-state index < -0.39 is 35.5 Å². The van der Waals surface area contributed by atoms with Crippen molar-refractivity contribution >= 4 is 11.9 Å². The second-order valence-electron chi connectivity index (χ2n) is 7.63. The van der Waals surface area contributed by atoms with Crippen LogP contribution < -0.4 is 0 Å². The zero-order valence-corrected chi connectivity index (χ0v) is 16.9. The molecule has 0 aliphatic carbocycles. The van der Waals surface area contributed by atoms with Crippen molar-refractivity contribution in [3.8, 4) is 0 Å². The summed E-state index contributed by atoms with van der Waals surface area (Å²) in [7, 11) is 0. The minimum Gasteiger partial charge on any atom is -0.463 e. The molecule has 0 amide bonds. The van der Waals surface area contributed by atoms with E-state index in [-0.39, 0.29) is 6.61 Å². The van der Waals surface area contributed by atoms with Crippen LogP contribution in [0.4, 0.5) is 0 Å². The number of hydrogen-bond donors (Lipinski definition) is 0. The van der Waals surface area contributed by atoms with Crippen molar-refractivity contribution in [3.05, 3.63) is 47.5 Å². The van der Waals surface area contributed by atoms with E-state index in [9.17, 15) is 9.59 Å². The Bertz CT molecular complexity index is 832. The zero-order valence-electron chi connectivity index (χ0n) is 16.9. The fourth-order valence-electron chi connectivity index (χ4n) is 3.76. The van der Waals surface area contributed by atoms with E-state index in [1.54, 1.807) is 39.8 Å². The van der Waals surface area contributed by atoms with Crippen LogP contribution in [0.25, 0.3) is 0 Å². The molecule has 2 aliphatic rings. The summed E-state index contributed by atoms with van der Waals surface area (Å²) < 4.78 is 28.6. The molecule has 1 saturated heterocycles. The molecule has 7 heteroatoms. The van der Waals surface area contributed by atoms with E-state index in [2.05, 4.69) is 6.58 Å². The van der Waals surface area contributed by atoms with Gasteiger partial charge in [-0.15, -0.1) is 0 Å². The quantitative estimate of drug-likeness (QED) is 0.684. The van der Waals surface area contributed by atoms with Crippen molar-refractivity contribution in [3.63, 3.8) is 0 Å². The van der Waals surface area contributed by atoms with Gasteiger partial charge in [-0.25, -0.2) is 9.59 Å². The predicted octanol–water partition coefficient (Wildman–Crippen LogP) is 3.78. The highest BCUT2D eigenvalue weighted by molar-refractivity contribution is 5.93. The van der Waals surface area contributed by atoms with Gasteiger partial charge in [0.15, 0.2) is 5.79 Å². The molecule has 0 bridgehead atoms. The molecule has 3 atom stereocenters. The number of esters is 2. The summed E-state index contributed by atoms with van der Waals surface area (Å²) in [6, 6.07) is 1.63. The topological polar surface area (TPSA) is 84.2 Å². The number of hydrogen-bond acceptors (Lipinski definition) is 7. The Morgan fingerprint density at radius 3 is 2.68 bits per heavy atom. The second kappa shape index (κ2) is 7.22. The van der Waals surface area contributed by atoms with E-state index in [0.29, 0.717) is 29.1 Å². The molecule has 1 aromatic rings. The largest absolute Gasteiger partial charge is 0.463 e. The Labute approximate surface area is 164 Å². The molecule has 0 spiro atoms. The van der Waals surface area contributed by atoms with E-state index in [0.717, 1.165) is 0 Å². The van der Waals surface area contributed by atoms with Gasteiger partial charge >= 0.3 is 11.9 Å². The molecule has 3 rings (SSSR count). The third-order valence-electron chi connectivity index (χ3n) is 4.81.